The van der Waals surface area contributed by atoms with Crippen molar-refractivity contribution in [2.45, 2.75) is 27.0 Å². The maximum absolute atomic E-state index is 12.7. The van der Waals surface area contributed by atoms with Crippen LogP contribution in [0.4, 0.5) is 4.79 Å². The van der Waals surface area contributed by atoms with Crippen molar-refractivity contribution in [3.63, 3.8) is 0 Å². The van der Waals surface area contributed by atoms with Crippen molar-refractivity contribution >= 4 is 23.7 Å². The second-order valence-corrected chi connectivity index (χ2v) is 8.81. The topological polar surface area (TPSA) is 105 Å². The lowest BCUT2D eigenvalue weighted by molar-refractivity contribution is -0.305. The summed E-state index contributed by atoms with van der Waals surface area (Å²) in [5.41, 5.74) is 3.09. The van der Waals surface area contributed by atoms with Crippen molar-refractivity contribution < 1.29 is 28.6 Å². The van der Waals surface area contributed by atoms with Gasteiger partial charge in [0.2, 0.25) is 5.89 Å². The van der Waals surface area contributed by atoms with Gasteiger partial charge in [0, 0.05) is 17.1 Å². The number of halogens is 1. The number of benzene rings is 3. The van der Waals surface area contributed by atoms with E-state index in [0.717, 1.165) is 16.0 Å². The highest BCUT2D eigenvalue weighted by Crippen LogP contribution is 2.25. The molecule has 0 radical (unpaired) electrons. The minimum Gasteiger partial charge on any atom is -0.548 e. The molecule has 0 spiro atoms. The van der Waals surface area contributed by atoms with Crippen molar-refractivity contribution in [3.05, 3.63) is 100 Å². The van der Waals surface area contributed by atoms with E-state index in [4.69, 9.17) is 25.5 Å². The molecule has 0 unspecified atom stereocenters. The zero-order chi connectivity index (χ0) is 26.4. The summed E-state index contributed by atoms with van der Waals surface area (Å²) in [6.45, 7) is 3.23. The average Bonchev–Trinajstić information content (AvgIpc) is 3.24. The smallest absolute Gasteiger partial charge is 0.415 e. The molecule has 0 fully saturated rings. The van der Waals surface area contributed by atoms with Crippen LogP contribution in [0.15, 0.2) is 77.2 Å². The quantitative estimate of drug-likeness (QED) is 0.308. The molecule has 8 nitrogen and oxygen atoms in total. The molecule has 0 bridgehead atoms. The minimum atomic E-state index is -1.40. The monoisotopic (exact) mass is 519 g/mol. The molecule has 3 aromatic carbocycles. The molecule has 0 aliphatic heterocycles. The third-order valence-corrected chi connectivity index (χ3v) is 5.69. The van der Waals surface area contributed by atoms with Crippen LogP contribution < -0.4 is 14.6 Å². The second kappa shape index (κ2) is 11.6. The first-order chi connectivity index (χ1) is 17.8. The van der Waals surface area contributed by atoms with E-state index in [-0.39, 0.29) is 13.2 Å². The fraction of sp³-hybridized carbons (Fsp3) is 0.179. The Morgan fingerprint density at radius 2 is 1.73 bits per heavy atom. The number of carboxylic acids is 1. The third kappa shape index (κ3) is 7.11. The number of aryl methyl sites for hydroxylation is 2. The number of carbonyl (C=O) groups is 2. The molecule has 1 heterocycles. The van der Waals surface area contributed by atoms with Crippen LogP contribution in [0.1, 0.15) is 22.6 Å². The van der Waals surface area contributed by atoms with Gasteiger partial charge in [-0.3, -0.25) is 4.90 Å². The highest BCUT2D eigenvalue weighted by Gasteiger charge is 2.18. The Morgan fingerprint density at radius 3 is 2.43 bits per heavy atom. The molecule has 0 saturated carbocycles. The summed E-state index contributed by atoms with van der Waals surface area (Å²) in [4.78, 5) is 29.5. The number of oxazole rings is 1. The summed E-state index contributed by atoms with van der Waals surface area (Å²) in [6, 6.07) is 21.0. The van der Waals surface area contributed by atoms with Crippen molar-refractivity contribution in [1.82, 2.24) is 9.88 Å². The summed E-state index contributed by atoms with van der Waals surface area (Å²) in [5, 5.41) is 11.9. The van der Waals surface area contributed by atoms with E-state index < -0.39 is 18.6 Å². The zero-order valence-electron chi connectivity index (χ0n) is 20.3. The largest absolute Gasteiger partial charge is 0.548 e. The van der Waals surface area contributed by atoms with Gasteiger partial charge in [-0.15, -0.1) is 0 Å². The van der Waals surface area contributed by atoms with E-state index in [1.54, 1.807) is 67.6 Å². The number of aromatic nitrogens is 1. The Balaban J connectivity index is 1.42. The SMILES string of the molecule is Cc1ccc(OC(=O)N(CC(=O)[O-])Cc2cccc(OCc3nc(-c4ccc(Cl)cc4)oc3C)c2)cc1. The number of carboxylic acid groups (broad SMARTS) is 1. The van der Waals surface area contributed by atoms with Crippen LogP contribution in [0.3, 0.4) is 0 Å². The van der Waals surface area contributed by atoms with Crippen LogP contribution in [0.5, 0.6) is 11.5 Å². The number of hydrogen-bond donors (Lipinski definition) is 0. The number of aliphatic carboxylic acids is 1. The lowest BCUT2D eigenvalue weighted by Gasteiger charge is -2.22. The number of ether oxygens (including phenoxy) is 2. The summed E-state index contributed by atoms with van der Waals surface area (Å²) in [5.74, 6) is 0.531. The molecular formula is C28H24ClN2O6-. The predicted octanol–water partition coefficient (Wildman–Crippen LogP) is 4.94. The van der Waals surface area contributed by atoms with Crippen molar-refractivity contribution in [2.75, 3.05) is 6.54 Å². The van der Waals surface area contributed by atoms with E-state index in [9.17, 15) is 14.7 Å². The van der Waals surface area contributed by atoms with Crippen LogP contribution in [-0.4, -0.2) is 28.5 Å². The Labute approximate surface area is 219 Å². The lowest BCUT2D eigenvalue weighted by Crippen LogP contribution is -2.42. The molecule has 4 aromatic rings. The highest BCUT2D eigenvalue weighted by molar-refractivity contribution is 6.30. The summed E-state index contributed by atoms with van der Waals surface area (Å²) in [6.07, 6.45) is -0.799. The third-order valence-electron chi connectivity index (χ3n) is 5.44. The Hall–Kier alpha value is -4.30. The Morgan fingerprint density at radius 1 is 1.00 bits per heavy atom. The number of amides is 1. The Kier molecular flexibility index (Phi) is 8.10. The first-order valence-electron chi connectivity index (χ1n) is 11.4. The standard InChI is InChI=1S/C28H25ClN2O6/c1-18-6-12-23(13-7-18)37-28(34)31(16-26(32)33)15-20-4-3-5-24(14-20)35-17-25-19(2)36-27(30-25)21-8-10-22(29)11-9-21/h3-14H,15-17H2,1-2H3,(H,32,33)/p-1. The van der Waals surface area contributed by atoms with Crippen molar-refractivity contribution in [2.24, 2.45) is 0 Å². The Bertz CT molecular complexity index is 1380. The maximum atomic E-state index is 12.7. The summed E-state index contributed by atoms with van der Waals surface area (Å²) in [7, 11) is 0. The summed E-state index contributed by atoms with van der Waals surface area (Å²) >= 11 is 5.95. The van der Waals surface area contributed by atoms with E-state index in [1.807, 2.05) is 19.1 Å². The second-order valence-electron chi connectivity index (χ2n) is 8.37. The number of nitrogens with zero attached hydrogens (tertiary/aromatic N) is 2. The van der Waals surface area contributed by atoms with Crippen LogP contribution >= 0.6 is 11.6 Å². The molecule has 0 aliphatic carbocycles. The number of rotatable bonds is 9. The highest BCUT2D eigenvalue weighted by atomic mass is 35.5. The van der Waals surface area contributed by atoms with Crippen molar-refractivity contribution in [1.29, 1.82) is 0 Å². The van der Waals surface area contributed by atoms with Gasteiger partial charge in [-0.2, -0.15) is 0 Å². The first-order valence-corrected chi connectivity index (χ1v) is 11.8. The van der Waals surface area contributed by atoms with Crippen molar-refractivity contribution in [3.8, 4) is 23.0 Å². The van der Waals surface area contributed by atoms with Crippen LogP contribution in [0.2, 0.25) is 5.02 Å². The molecule has 1 aromatic heterocycles. The number of carbonyl (C=O) groups excluding carboxylic acids is 2. The minimum absolute atomic E-state index is 0.0143. The van der Waals surface area contributed by atoms with Gasteiger partial charge in [0.1, 0.15) is 29.6 Å². The molecule has 0 saturated heterocycles. The maximum Gasteiger partial charge on any atom is 0.415 e. The van der Waals surface area contributed by atoms with Gasteiger partial charge >= 0.3 is 6.09 Å². The van der Waals surface area contributed by atoms with E-state index >= 15 is 0 Å². The van der Waals surface area contributed by atoms with E-state index in [1.165, 1.54) is 0 Å². The molecule has 4 rings (SSSR count). The number of hydrogen-bond acceptors (Lipinski definition) is 7. The lowest BCUT2D eigenvalue weighted by atomic mass is 10.2. The van der Waals surface area contributed by atoms with Crippen LogP contribution in [-0.2, 0) is 17.9 Å². The first kappa shape index (κ1) is 25.8. The van der Waals surface area contributed by atoms with E-state index in [0.29, 0.717) is 39.4 Å². The van der Waals surface area contributed by atoms with Gasteiger partial charge in [0.05, 0.1) is 12.5 Å². The molecule has 190 valence electrons. The molecule has 37 heavy (non-hydrogen) atoms. The van der Waals surface area contributed by atoms with Gasteiger partial charge in [0.15, 0.2) is 0 Å². The fourth-order valence-electron chi connectivity index (χ4n) is 3.50. The van der Waals surface area contributed by atoms with Crippen LogP contribution in [0.25, 0.3) is 11.5 Å². The molecule has 0 atom stereocenters. The summed E-state index contributed by atoms with van der Waals surface area (Å²) < 4.78 is 17.0. The van der Waals surface area contributed by atoms with Gasteiger partial charge in [-0.05, 0) is 67.9 Å². The fourth-order valence-corrected chi connectivity index (χ4v) is 3.62. The molecule has 1 amide bonds. The van der Waals surface area contributed by atoms with E-state index in [2.05, 4.69) is 4.98 Å². The zero-order valence-corrected chi connectivity index (χ0v) is 21.0. The van der Waals surface area contributed by atoms with Gasteiger partial charge < -0.3 is 23.8 Å². The predicted molar refractivity (Wildman–Crippen MR) is 135 cm³/mol. The van der Waals surface area contributed by atoms with Gasteiger partial charge in [-0.1, -0.05) is 41.4 Å². The molecule has 9 heteroatoms. The normalized spacial score (nSPS) is 10.7. The molecular weight excluding hydrogens is 496 g/mol. The van der Waals surface area contributed by atoms with Crippen LogP contribution in [0, 0.1) is 13.8 Å². The van der Waals surface area contributed by atoms with Gasteiger partial charge in [-0.25, -0.2) is 9.78 Å². The van der Waals surface area contributed by atoms with Gasteiger partial charge in [0.25, 0.3) is 0 Å². The molecule has 0 aliphatic rings. The molecule has 0 N–H and O–H groups in total. The average molecular weight is 520 g/mol.